The summed E-state index contributed by atoms with van der Waals surface area (Å²) in [5.41, 5.74) is 0.666. The molecule has 1 aliphatic heterocycles. The van der Waals surface area contributed by atoms with E-state index in [2.05, 4.69) is 4.90 Å². The van der Waals surface area contributed by atoms with E-state index in [-0.39, 0.29) is 17.6 Å². The smallest absolute Gasteiger partial charge is 0.131 e. The number of benzene rings is 1. The zero-order valence-electron chi connectivity index (χ0n) is 11.6. The van der Waals surface area contributed by atoms with Crippen LogP contribution < -0.4 is 0 Å². The Morgan fingerprint density at radius 1 is 1.21 bits per heavy atom. The van der Waals surface area contributed by atoms with E-state index in [1.807, 2.05) is 12.1 Å². The molecule has 0 aliphatic carbocycles. The van der Waals surface area contributed by atoms with Crippen LogP contribution in [0.5, 0.6) is 0 Å². The maximum Gasteiger partial charge on any atom is 0.131 e. The first kappa shape index (κ1) is 14.2. The van der Waals surface area contributed by atoms with Crippen LogP contribution in [0.4, 0.5) is 4.39 Å². The molecule has 2 rings (SSSR count). The molecule has 1 fully saturated rings. The van der Waals surface area contributed by atoms with Crippen LogP contribution in [-0.2, 0) is 4.79 Å². The van der Waals surface area contributed by atoms with Gasteiger partial charge < -0.3 is 0 Å². The fourth-order valence-electron chi connectivity index (χ4n) is 2.86. The summed E-state index contributed by atoms with van der Waals surface area (Å²) >= 11 is 0. The summed E-state index contributed by atoms with van der Waals surface area (Å²) < 4.78 is 14.0. The van der Waals surface area contributed by atoms with E-state index in [0.29, 0.717) is 12.0 Å². The molecule has 0 N–H and O–H groups in total. The van der Waals surface area contributed by atoms with Crippen molar-refractivity contribution in [2.75, 3.05) is 13.1 Å². The van der Waals surface area contributed by atoms with Gasteiger partial charge in [0, 0.05) is 18.0 Å². The Hall–Kier alpha value is -1.22. The summed E-state index contributed by atoms with van der Waals surface area (Å²) in [6.07, 6.45) is 5.16. The number of hydrogen-bond acceptors (Lipinski definition) is 2. The summed E-state index contributed by atoms with van der Waals surface area (Å²) in [7, 11) is 0. The fraction of sp³-hybridized carbons (Fsp3) is 0.562. The van der Waals surface area contributed by atoms with Crippen molar-refractivity contribution in [2.24, 2.45) is 0 Å². The first-order chi connectivity index (χ1) is 9.18. The van der Waals surface area contributed by atoms with Gasteiger partial charge in [0.15, 0.2) is 0 Å². The van der Waals surface area contributed by atoms with E-state index >= 15 is 0 Å². The van der Waals surface area contributed by atoms with Gasteiger partial charge in [-0.25, -0.2) is 4.39 Å². The molecule has 0 saturated carbocycles. The predicted molar refractivity (Wildman–Crippen MR) is 74.5 cm³/mol. The van der Waals surface area contributed by atoms with Crippen molar-refractivity contribution in [1.82, 2.24) is 4.90 Å². The Morgan fingerprint density at radius 2 is 1.84 bits per heavy atom. The summed E-state index contributed by atoms with van der Waals surface area (Å²) in [5, 5.41) is 0. The molecule has 0 bridgehead atoms. The average molecular weight is 263 g/mol. The maximum atomic E-state index is 14.0. The molecular formula is C16H22FNO. The van der Waals surface area contributed by atoms with Crippen LogP contribution in [0.1, 0.15) is 50.6 Å². The minimum absolute atomic E-state index is 0.100. The average Bonchev–Trinajstić information content (AvgIpc) is 2.65. The van der Waals surface area contributed by atoms with E-state index in [1.165, 1.54) is 18.9 Å². The summed E-state index contributed by atoms with van der Waals surface area (Å²) in [6, 6.07) is 6.75. The largest absolute Gasteiger partial charge is 0.300 e. The molecule has 19 heavy (non-hydrogen) atoms. The third kappa shape index (κ3) is 3.87. The van der Waals surface area contributed by atoms with Gasteiger partial charge in [-0.1, -0.05) is 31.0 Å². The van der Waals surface area contributed by atoms with Gasteiger partial charge in [-0.2, -0.15) is 0 Å². The molecule has 0 radical (unpaired) electrons. The van der Waals surface area contributed by atoms with Crippen molar-refractivity contribution in [1.29, 1.82) is 0 Å². The summed E-state index contributed by atoms with van der Waals surface area (Å²) in [5.74, 6) is -0.0736. The normalized spacial score (nSPS) is 18.8. The lowest BCUT2D eigenvalue weighted by atomic mass is 9.99. The van der Waals surface area contributed by atoms with E-state index in [0.717, 1.165) is 25.9 Å². The second-order valence-corrected chi connectivity index (χ2v) is 5.39. The molecule has 3 heteroatoms. The highest BCUT2D eigenvalue weighted by Crippen LogP contribution is 2.29. The van der Waals surface area contributed by atoms with Crippen LogP contribution in [-0.4, -0.2) is 23.8 Å². The predicted octanol–water partition coefficient (Wildman–Crippen LogP) is 3.72. The number of likely N-dealkylation sites (tertiary alicyclic amines) is 1. The van der Waals surface area contributed by atoms with E-state index < -0.39 is 0 Å². The number of carbonyl (C=O) groups excluding carboxylic acids is 1. The highest BCUT2D eigenvalue weighted by Gasteiger charge is 2.24. The standard InChI is InChI=1S/C16H22FNO/c1-13(19)12-16(14-8-4-5-9-15(14)17)18-10-6-2-3-7-11-18/h4-5,8-9,16H,2-3,6-7,10-12H2,1H3. The van der Waals surface area contributed by atoms with Crippen molar-refractivity contribution in [3.63, 3.8) is 0 Å². The lowest BCUT2D eigenvalue weighted by Crippen LogP contribution is -2.31. The van der Waals surface area contributed by atoms with Crippen LogP contribution in [0.3, 0.4) is 0 Å². The second kappa shape index (κ2) is 6.80. The second-order valence-electron chi connectivity index (χ2n) is 5.39. The lowest BCUT2D eigenvalue weighted by molar-refractivity contribution is -0.118. The van der Waals surface area contributed by atoms with E-state index in [1.54, 1.807) is 13.0 Å². The van der Waals surface area contributed by atoms with Crippen molar-refractivity contribution in [3.05, 3.63) is 35.6 Å². The van der Waals surface area contributed by atoms with Gasteiger partial charge in [0.1, 0.15) is 11.6 Å². The zero-order valence-corrected chi connectivity index (χ0v) is 11.6. The molecule has 1 aromatic rings. The zero-order chi connectivity index (χ0) is 13.7. The quantitative estimate of drug-likeness (QED) is 0.825. The highest BCUT2D eigenvalue weighted by molar-refractivity contribution is 5.76. The molecule has 1 aromatic carbocycles. The first-order valence-electron chi connectivity index (χ1n) is 7.16. The molecule has 1 atom stereocenters. The third-order valence-electron chi connectivity index (χ3n) is 3.83. The molecule has 1 unspecified atom stereocenters. The first-order valence-corrected chi connectivity index (χ1v) is 7.16. The number of ketones is 1. The van der Waals surface area contributed by atoms with Gasteiger partial charge in [-0.3, -0.25) is 9.69 Å². The molecular weight excluding hydrogens is 241 g/mol. The molecule has 0 amide bonds. The number of Topliss-reactive ketones (excluding diaryl/α,β-unsaturated/α-hetero) is 1. The highest BCUT2D eigenvalue weighted by atomic mass is 19.1. The fourth-order valence-corrected chi connectivity index (χ4v) is 2.86. The Labute approximate surface area is 114 Å². The van der Waals surface area contributed by atoms with E-state index in [9.17, 15) is 9.18 Å². The molecule has 1 saturated heterocycles. The SMILES string of the molecule is CC(=O)CC(c1ccccc1F)N1CCCCCC1. The van der Waals surface area contributed by atoms with Crippen LogP contribution in [0, 0.1) is 5.82 Å². The number of nitrogens with zero attached hydrogens (tertiary/aromatic N) is 1. The summed E-state index contributed by atoms with van der Waals surface area (Å²) in [4.78, 5) is 13.8. The monoisotopic (exact) mass is 263 g/mol. The maximum absolute atomic E-state index is 14.0. The van der Waals surface area contributed by atoms with Crippen molar-refractivity contribution in [3.8, 4) is 0 Å². The van der Waals surface area contributed by atoms with Crippen LogP contribution in [0.25, 0.3) is 0 Å². The van der Waals surface area contributed by atoms with Gasteiger partial charge in [-0.15, -0.1) is 0 Å². The van der Waals surface area contributed by atoms with Gasteiger partial charge in [0.2, 0.25) is 0 Å². The molecule has 1 heterocycles. The van der Waals surface area contributed by atoms with Crippen molar-refractivity contribution < 1.29 is 9.18 Å². The van der Waals surface area contributed by atoms with Crippen molar-refractivity contribution in [2.45, 2.75) is 45.1 Å². The van der Waals surface area contributed by atoms with Crippen molar-refractivity contribution >= 4 is 5.78 Å². The van der Waals surface area contributed by atoms with Crippen LogP contribution in [0.15, 0.2) is 24.3 Å². The third-order valence-corrected chi connectivity index (χ3v) is 3.83. The number of rotatable bonds is 4. The molecule has 104 valence electrons. The Morgan fingerprint density at radius 3 is 2.42 bits per heavy atom. The molecule has 0 spiro atoms. The Balaban J connectivity index is 2.24. The Bertz CT molecular complexity index is 425. The van der Waals surface area contributed by atoms with Gasteiger partial charge in [0.05, 0.1) is 0 Å². The van der Waals surface area contributed by atoms with Gasteiger partial charge in [0.25, 0.3) is 0 Å². The molecule has 1 aliphatic rings. The number of hydrogen-bond donors (Lipinski definition) is 0. The van der Waals surface area contributed by atoms with Gasteiger partial charge in [-0.05, 0) is 38.9 Å². The van der Waals surface area contributed by atoms with Crippen LogP contribution >= 0.6 is 0 Å². The number of carbonyl (C=O) groups is 1. The topological polar surface area (TPSA) is 20.3 Å². The van der Waals surface area contributed by atoms with Gasteiger partial charge >= 0.3 is 0 Å². The van der Waals surface area contributed by atoms with E-state index in [4.69, 9.17) is 0 Å². The minimum Gasteiger partial charge on any atom is -0.300 e. The molecule has 0 aromatic heterocycles. The minimum atomic E-state index is -0.196. The Kier molecular flexibility index (Phi) is 5.08. The van der Waals surface area contributed by atoms with Crippen LogP contribution in [0.2, 0.25) is 0 Å². The number of halogens is 1. The summed E-state index contributed by atoms with van der Waals surface area (Å²) in [6.45, 7) is 3.52. The lowest BCUT2D eigenvalue weighted by Gasteiger charge is -2.30. The molecule has 2 nitrogen and oxygen atoms in total.